The summed E-state index contributed by atoms with van der Waals surface area (Å²) in [5.41, 5.74) is 0.118. The zero-order valence-electron chi connectivity index (χ0n) is 12.9. The van der Waals surface area contributed by atoms with Gasteiger partial charge in [0.2, 0.25) is 5.91 Å². The van der Waals surface area contributed by atoms with Crippen LogP contribution >= 0.6 is 0 Å². The first kappa shape index (κ1) is 15.5. The number of amides is 1. The van der Waals surface area contributed by atoms with E-state index < -0.39 is 11.1 Å². The first-order valence-corrected chi connectivity index (χ1v) is 7.25. The lowest BCUT2D eigenvalue weighted by atomic mass is 10.1. The molecule has 7 heteroatoms. The maximum Gasteiger partial charge on any atom is 0.272 e. The van der Waals surface area contributed by atoms with Crippen LogP contribution in [-0.4, -0.2) is 23.2 Å². The lowest BCUT2D eigenvalue weighted by Gasteiger charge is -2.10. The quantitative estimate of drug-likeness (QED) is 0.674. The van der Waals surface area contributed by atoms with E-state index in [1.165, 1.54) is 13.2 Å². The van der Waals surface area contributed by atoms with E-state index in [0.717, 1.165) is 5.56 Å². The molecular weight excluding hydrogens is 310 g/mol. The predicted octanol–water partition coefficient (Wildman–Crippen LogP) is 1.41. The van der Waals surface area contributed by atoms with Gasteiger partial charge in [0.25, 0.3) is 11.1 Å². The number of carbonyl (C=O) groups excluding carboxylic acids is 1. The third-order valence-electron chi connectivity index (χ3n) is 3.64. The molecule has 0 spiro atoms. The van der Waals surface area contributed by atoms with Gasteiger partial charge in [-0.15, -0.1) is 0 Å². The first-order valence-electron chi connectivity index (χ1n) is 7.25. The molecule has 0 aliphatic rings. The Morgan fingerprint density at radius 3 is 2.58 bits per heavy atom. The summed E-state index contributed by atoms with van der Waals surface area (Å²) in [6, 6.07) is 11.9. The average molecular weight is 325 g/mol. The van der Waals surface area contributed by atoms with Gasteiger partial charge in [0.15, 0.2) is 0 Å². The summed E-state index contributed by atoms with van der Waals surface area (Å²) in [6.45, 7) is 0. The Kier molecular flexibility index (Phi) is 4.15. The number of aromatic amines is 2. The summed E-state index contributed by atoms with van der Waals surface area (Å²) < 4.78 is 5.22. The van der Waals surface area contributed by atoms with Gasteiger partial charge in [-0.1, -0.05) is 24.3 Å². The fourth-order valence-electron chi connectivity index (χ4n) is 2.55. The number of H-pyrrole nitrogens is 2. The number of rotatable bonds is 4. The summed E-state index contributed by atoms with van der Waals surface area (Å²) in [5.74, 6) is 0.298. The molecule has 1 amide bonds. The number of methoxy groups -OCH3 is 1. The molecule has 0 radical (unpaired) electrons. The minimum atomic E-state index is -0.474. The van der Waals surface area contributed by atoms with Crippen LogP contribution in [0, 0.1) is 0 Å². The van der Waals surface area contributed by atoms with Crippen LogP contribution < -0.4 is 21.2 Å². The third kappa shape index (κ3) is 2.91. The second-order valence-corrected chi connectivity index (χ2v) is 5.17. The van der Waals surface area contributed by atoms with Crippen molar-refractivity contribution in [1.29, 1.82) is 0 Å². The van der Waals surface area contributed by atoms with Crippen LogP contribution in [0.1, 0.15) is 5.56 Å². The number of fused-ring (bicyclic) bond motifs is 1. The second-order valence-electron chi connectivity index (χ2n) is 5.17. The van der Waals surface area contributed by atoms with E-state index in [1.807, 2.05) is 12.1 Å². The van der Waals surface area contributed by atoms with Crippen LogP contribution in [0.4, 0.5) is 5.69 Å². The normalized spacial score (nSPS) is 10.5. The van der Waals surface area contributed by atoms with Crippen molar-refractivity contribution < 1.29 is 9.53 Å². The lowest BCUT2D eigenvalue weighted by molar-refractivity contribution is -0.115. The summed E-state index contributed by atoms with van der Waals surface area (Å²) in [5, 5.41) is 7.57. The number of para-hydroxylation sites is 1. The maximum atomic E-state index is 12.3. The summed E-state index contributed by atoms with van der Waals surface area (Å²) >= 11 is 0. The predicted molar refractivity (Wildman–Crippen MR) is 90.5 cm³/mol. The van der Waals surface area contributed by atoms with Crippen molar-refractivity contribution in [2.75, 3.05) is 12.4 Å². The van der Waals surface area contributed by atoms with Crippen LogP contribution in [0.3, 0.4) is 0 Å². The van der Waals surface area contributed by atoms with Crippen molar-refractivity contribution in [3.05, 3.63) is 68.7 Å². The Hall–Kier alpha value is -3.35. The molecule has 0 atom stereocenters. The number of hydrogen-bond donors (Lipinski definition) is 3. The van der Waals surface area contributed by atoms with Crippen molar-refractivity contribution >= 4 is 22.4 Å². The summed E-state index contributed by atoms with van der Waals surface area (Å²) in [6.07, 6.45) is 0.0848. The van der Waals surface area contributed by atoms with Crippen LogP contribution in [0.2, 0.25) is 0 Å². The zero-order valence-corrected chi connectivity index (χ0v) is 12.9. The Balaban J connectivity index is 1.93. The Morgan fingerprint density at radius 1 is 1.04 bits per heavy atom. The summed E-state index contributed by atoms with van der Waals surface area (Å²) in [4.78, 5) is 36.1. The van der Waals surface area contributed by atoms with E-state index in [0.29, 0.717) is 11.4 Å². The molecule has 1 aromatic heterocycles. The number of anilines is 1. The molecule has 24 heavy (non-hydrogen) atoms. The van der Waals surface area contributed by atoms with Crippen LogP contribution in [0.15, 0.2) is 52.1 Å². The van der Waals surface area contributed by atoms with Gasteiger partial charge in [-0.2, -0.15) is 0 Å². The minimum Gasteiger partial charge on any atom is -0.496 e. The fraction of sp³-hybridized carbons (Fsp3) is 0.118. The first-order chi connectivity index (χ1) is 11.6. The fourth-order valence-corrected chi connectivity index (χ4v) is 2.55. The van der Waals surface area contributed by atoms with Crippen molar-refractivity contribution in [2.24, 2.45) is 0 Å². The third-order valence-corrected chi connectivity index (χ3v) is 3.64. The van der Waals surface area contributed by atoms with Gasteiger partial charge in [0, 0.05) is 5.56 Å². The number of nitrogens with one attached hydrogen (secondary N) is 3. The minimum absolute atomic E-state index is 0.0848. The summed E-state index contributed by atoms with van der Waals surface area (Å²) in [7, 11) is 1.53. The van der Waals surface area contributed by atoms with E-state index in [9.17, 15) is 14.4 Å². The molecule has 7 nitrogen and oxygen atoms in total. The highest BCUT2D eigenvalue weighted by Crippen LogP contribution is 2.20. The van der Waals surface area contributed by atoms with Crippen molar-refractivity contribution in [2.45, 2.75) is 6.42 Å². The van der Waals surface area contributed by atoms with E-state index in [-0.39, 0.29) is 23.1 Å². The smallest absolute Gasteiger partial charge is 0.272 e. The van der Waals surface area contributed by atoms with Crippen molar-refractivity contribution in [1.82, 2.24) is 10.2 Å². The molecule has 3 N–H and O–H groups in total. The standard InChI is InChI=1S/C17H15N3O4/c1-24-13-8-3-2-5-10(13)9-14(21)18-12-7-4-6-11-15(12)17(23)20-19-16(11)22/h2-8H,9H2,1H3,(H,18,21)(H,19,22)(H,20,23). The molecule has 0 saturated carbocycles. The average Bonchev–Trinajstić information content (AvgIpc) is 2.58. The monoisotopic (exact) mass is 325 g/mol. The number of hydrogen-bond acceptors (Lipinski definition) is 4. The van der Waals surface area contributed by atoms with Gasteiger partial charge in [-0.25, -0.2) is 0 Å². The van der Waals surface area contributed by atoms with Crippen LogP contribution in [-0.2, 0) is 11.2 Å². The molecule has 1 heterocycles. The van der Waals surface area contributed by atoms with E-state index in [2.05, 4.69) is 15.5 Å². The second kappa shape index (κ2) is 6.41. The van der Waals surface area contributed by atoms with Crippen molar-refractivity contribution in [3.63, 3.8) is 0 Å². The molecule has 3 aromatic rings. The zero-order chi connectivity index (χ0) is 17.1. The van der Waals surface area contributed by atoms with Crippen molar-refractivity contribution in [3.8, 4) is 5.75 Å². The van der Waals surface area contributed by atoms with E-state index in [1.54, 1.807) is 24.3 Å². The number of ether oxygens (including phenoxy) is 1. The van der Waals surface area contributed by atoms with Gasteiger partial charge < -0.3 is 10.1 Å². The van der Waals surface area contributed by atoms with Gasteiger partial charge in [0.05, 0.1) is 30.0 Å². The van der Waals surface area contributed by atoms with E-state index >= 15 is 0 Å². The number of aromatic nitrogens is 2. The highest BCUT2D eigenvalue weighted by Gasteiger charge is 2.12. The molecule has 2 aromatic carbocycles. The highest BCUT2D eigenvalue weighted by atomic mass is 16.5. The molecule has 0 saturated heterocycles. The molecule has 0 aliphatic heterocycles. The van der Waals surface area contributed by atoms with Gasteiger partial charge in [-0.3, -0.25) is 24.6 Å². The SMILES string of the molecule is COc1ccccc1CC(=O)Nc1cccc2c(=O)[nH][nH]c(=O)c12. The van der Waals surface area contributed by atoms with Crippen LogP contribution in [0.5, 0.6) is 5.75 Å². The van der Waals surface area contributed by atoms with Crippen LogP contribution in [0.25, 0.3) is 10.8 Å². The lowest BCUT2D eigenvalue weighted by Crippen LogP contribution is -2.22. The molecule has 0 bridgehead atoms. The molecule has 0 fully saturated rings. The topological polar surface area (TPSA) is 104 Å². The highest BCUT2D eigenvalue weighted by molar-refractivity contribution is 6.02. The van der Waals surface area contributed by atoms with Gasteiger partial charge in [-0.05, 0) is 18.2 Å². The molecular formula is C17H15N3O4. The van der Waals surface area contributed by atoms with Gasteiger partial charge in [0.1, 0.15) is 5.75 Å². The number of carbonyl (C=O) groups is 1. The Bertz CT molecular complexity index is 1020. The molecule has 3 rings (SSSR count). The molecule has 0 unspecified atom stereocenters. The molecule has 0 aliphatic carbocycles. The maximum absolute atomic E-state index is 12.3. The Morgan fingerprint density at radius 2 is 1.79 bits per heavy atom. The Labute approximate surface area is 136 Å². The number of benzene rings is 2. The largest absolute Gasteiger partial charge is 0.496 e. The molecule has 122 valence electrons. The van der Waals surface area contributed by atoms with Gasteiger partial charge >= 0.3 is 0 Å². The van der Waals surface area contributed by atoms with E-state index in [4.69, 9.17) is 4.74 Å².